The monoisotopic (exact) mass is 342 g/mol. The largest absolute Gasteiger partial charge is 1.00 e. The fourth-order valence-electron chi connectivity index (χ4n) is 1.65. The second kappa shape index (κ2) is 7.33. The second-order valence-corrected chi connectivity index (χ2v) is 3.83. The maximum absolute atomic E-state index is 5.50. The highest BCUT2D eigenvalue weighted by Gasteiger charge is 2.07. The molecule has 4 heterocycles. The number of nitrogen functional groups attached to an aromatic ring is 2. The van der Waals surface area contributed by atoms with Crippen LogP contribution in [0.4, 0.5) is 11.6 Å². The molecule has 0 aromatic carbocycles. The molecule has 22 heavy (non-hydrogen) atoms. The van der Waals surface area contributed by atoms with Gasteiger partial charge in [-0.3, -0.25) is 0 Å². The summed E-state index contributed by atoms with van der Waals surface area (Å²) < 4.78 is 0. The van der Waals surface area contributed by atoms with Gasteiger partial charge >= 0.3 is 0 Å². The molecule has 0 aliphatic rings. The third kappa shape index (κ3) is 3.30. The number of fused-ring (bicyclic) bond motifs is 2. The Kier molecular flexibility index (Phi) is 5.78. The number of nitrogens with one attached hydrogen (secondary N) is 4. The standard InChI is InChI=1S/2C5H5N5.2ClH/c2*6-4-3-5(9-1-7-3)10-2-8-4;;/h2*1-2H,(H3,6,7,8,9,10);2*1H. The molecule has 0 unspecified atom stereocenters. The maximum atomic E-state index is 5.50. The summed E-state index contributed by atoms with van der Waals surface area (Å²) in [5.41, 5.74) is 14.0. The summed E-state index contributed by atoms with van der Waals surface area (Å²) in [7, 11) is 0. The topological polar surface area (TPSA) is 163 Å². The van der Waals surface area contributed by atoms with Gasteiger partial charge in [-0.2, -0.15) is 0 Å². The number of anilines is 2. The zero-order chi connectivity index (χ0) is 13.9. The normalized spacial score (nSPS) is 9.45. The summed E-state index contributed by atoms with van der Waals surface area (Å²) in [5.74, 6) is 0.928. The summed E-state index contributed by atoms with van der Waals surface area (Å²) in [6.07, 6.45) is 6.16. The van der Waals surface area contributed by atoms with Crippen LogP contribution in [0.5, 0.6) is 0 Å². The van der Waals surface area contributed by atoms with Gasteiger partial charge in [-0.05, 0) is 0 Å². The van der Waals surface area contributed by atoms with Crippen molar-refractivity contribution >= 4 is 34.0 Å². The molecule has 0 radical (unpaired) electrons. The maximum Gasteiger partial charge on any atom is 0.290 e. The van der Waals surface area contributed by atoms with E-state index in [2.05, 4.69) is 39.9 Å². The number of aromatic nitrogens is 8. The molecule has 4 aromatic rings. The van der Waals surface area contributed by atoms with E-state index in [4.69, 9.17) is 11.5 Å². The lowest BCUT2D eigenvalue weighted by atomic mass is 10.5. The van der Waals surface area contributed by atoms with E-state index in [0.29, 0.717) is 11.6 Å². The first kappa shape index (κ1) is 17.3. The van der Waals surface area contributed by atoms with E-state index < -0.39 is 0 Å². The van der Waals surface area contributed by atoms with Crippen molar-refractivity contribution in [2.45, 2.75) is 0 Å². The van der Waals surface area contributed by atoms with E-state index in [1.807, 2.05) is 0 Å². The predicted molar refractivity (Wildman–Crippen MR) is 69.7 cm³/mol. The molecule has 8 N–H and O–H groups in total. The van der Waals surface area contributed by atoms with Crippen LogP contribution >= 0.6 is 0 Å². The number of halogens is 2. The molecule has 116 valence electrons. The molecule has 0 amide bonds. The lowest BCUT2D eigenvalue weighted by Crippen LogP contribution is -3.00. The van der Waals surface area contributed by atoms with Gasteiger partial charge in [0.15, 0.2) is 23.7 Å². The molecular formula is C10H12Cl2N10. The van der Waals surface area contributed by atoms with Gasteiger partial charge in [0.2, 0.25) is 24.3 Å². The summed E-state index contributed by atoms with van der Waals surface area (Å²) in [6, 6.07) is 0. The van der Waals surface area contributed by atoms with Gasteiger partial charge in [0, 0.05) is 0 Å². The minimum Gasteiger partial charge on any atom is -1.00 e. The Morgan fingerprint density at radius 2 is 1.14 bits per heavy atom. The first-order valence-corrected chi connectivity index (χ1v) is 5.66. The van der Waals surface area contributed by atoms with Crippen molar-refractivity contribution in [3.05, 3.63) is 25.3 Å². The van der Waals surface area contributed by atoms with Gasteiger partial charge in [-0.25, -0.2) is 9.97 Å². The highest BCUT2D eigenvalue weighted by Crippen LogP contribution is 2.07. The van der Waals surface area contributed by atoms with Crippen molar-refractivity contribution < 1.29 is 34.8 Å². The minimum absolute atomic E-state index is 0. The van der Waals surface area contributed by atoms with Crippen LogP contribution in [0.2, 0.25) is 0 Å². The molecule has 10 nitrogen and oxygen atoms in total. The highest BCUT2D eigenvalue weighted by molar-refractivity contribution is 5.78. The van der Waals surface area contributed by atoms with Crippen molar-refractivity contribution in [2.24, 2.45) is 0 Å². The predicted octanol–water partition coefficient (Wildman–Crippen LogP) is -7.28. The van der Waals surface area contributed by atoms with E-state index in [9.17, 15) is 0 Å². The molecule has 0 fully saturated rings. The summed E-state index contributed by atoms with van der Waals surface area (Å²) in [6.45, 7) is 0. The van der Waals surface area contributed by atoms with Crippen LogP contribution < -0.4 is 46.2 Å². The number of nitrogens with zero attached hydrogens (tertiary/aromatic N) is 4. The SMILES string of the molecule is Nc1nc[nH+]c2nc[nH]c12.Nc1nc[nH+]c2nc[nH]c12.[Cl-].[Cl-]. The summed E-state index contributed by atoms with van der Waals surface area (Å²) in [4.78, 5) is 27.0. The Morgan fingerprint density at radius 1 is 0.727 bits per heavy atom. The number of hydrogen-bond acceptors (Lipinski definition) is 6. The molecule has 0 atom stereocenters. The van der Waals surface area contributed by atoms with Gasteiger partial charge in [-0.1, -0.05) is 19.9 Å². The van der Waals surface area contributed by atoms with E-state index in [-0.39, 0.29) is 24.8 Å². The zero-order valence-corrected chi connectivity index (χ0v) is 12.5. The second-order valence-electron chi connectivity index (χ2n) is 3.83. The lowest BCUT2D eigenvalue weighted by Gasteiger charge is -1.82. The molecule has 12 heteroatoms. The van der Waals surface area contributed by atoms with Crippen LogP contribution in [0.15, 0.2) is 25.3 Å². The number of hydrogen-bond donors (Lipinski definition) is 4. The first-order chi connectivity index (χ1) is 9.75. The fourth-order valence-corrected chi connectivity index (χ4v) is 1.65. The Bertz CT molecular complexity index is 785. The molecular weight excluding hydrogens is 331 g/mol. The van der Waals surface area contributed by atoms with Crippen molar-refractivity contribution in [2.75, 3.05) is 11.5 Å². The van der Waals surface area contributed by atoms with Gasteiger partial charge in [-0.15, -0.1) is 0 Å². The van der Waals surface area contributed by atoms with Crippen molar-refractivity contribution in [1.29, 1.82) is 0 Å². The average Bonchev–Trinajstić information content (AvgIpc) is 3.08. The number of aromatic amines is 4. The molecule has 0 spiro atoms. The molecule has 0 aliphatic carbocycles. The number of imidazole rings is 2. The van der Waals surface area contributed by atoms with Gasteiger partial charge in [0.25, 0.3) is 11.3 Å². The van der Waals surface area contributed by atoms with Gasteiger partial charge in [0.1, 0.15) is 0 Å². The highest BCUT2D eigenvalue weighted by atomic mass is 35.5. The number of rotatable bonds is 0. The minimum atomic E-state index is 0. The van der Waals surface area contributed by atoms with Crippen LogP contribution in [-0.4, -0.2) is 29.9 Å². The van der Waals surface area contributed by atoms with Gasteiger partial charge < -0.3 is 46.2 Å². The molecule has 4 aromatic heterocycles. The van der Waals surface area contributed by atoms with Crippen LogP contribution in [0.1, 0.15) is 0 Å². The Labute approximate surface area is 136 Å². The third-order valence-electron chi connectivity index (χ3n) is 2.60. The van der Waals surface area contributed by atoms with Gasteiger partial charge in [0.05, 0.1) is 0 Å². The average molecular weight is 343 g/mol. The molecule has 4 rings (SSSR count). The third-order valence-corrected chi connectivity index (χ3v) is 2.60. The Morgan fingerprint density at radius 3 is 1.50 bits per heavy atom. The molecule has 0 saturated heterocycles. The van der Waals surface area contributed by atoms with E-state index in [1.165, 1.54) is 12.7 Å². The zero-order valence-electron chi connectivity index (χ0n) is 11.0. The van der Waals surface area contributed by atoms with E-state index in [0.717, 1.165) is 22.3 Å². The summed E-state index contributed by atoms with van der Waals surface area (Å²) in [5, 5.41) is 0. The Balaban J connectivity index is 0.000000202. The number of nitrogens with two attached hydrogens (primary N) is 2. The van der Waals surface area contributed by atoms with Crippen LogP contribution in [-0.2, 0) is 0 Å². The smallest absolute Gasteiger partial charge is 0.290 e. The van der Waals surface area contributed by atoms with Crippen LogP contribution in [0.3, 0.4) is 0 Å². The van der Waals surface area contributed by atoms with Crippen molar-refractivity contribution in [3.8, 4) is 0 Å². The quantitative estimate of drug-likeness (QED) is 0.248. The molecule has 0 saturated carbocycles. The summed E-state index contributed by atoms with van der Waals surface area (Å²) >= 11 is 0. The molecule has 0 aliphatic heterocycles. The van der Waals surface area contributed by atoms with Crippen molar-refractivity contribution in [3.63, 3.8) is 0 Å². The van der Waals surface area contributed by atoms with Crippen LogP contribution in [0.25, 0.3) is 22.3 Å². The van der Waals surface area contributed by atoms with Crippen LogP contribution in [0, 0.1) is 0 Å². The fraction of sp³-hybridized carbons (Fsp3) is 0. The molecule has 0 bridgehead atoms. The number of H-pyrrole nitrogens is 4. The first-order valence-electron chi connectivity index (χ1n) is 5.66. The Hall–Kier alpha value is -2.72. The van der Waals surface area contributed by atoms with E-state index >= 15 is 0 Å². The lowest BCUT2D eigenvalue weighted by molar-refractivity contribution is -0.352. The van der Waals surface area contributed by atoms with Crippen molar-refractivity contribution in [1.82, 2.24) is 29.9 Å². The van der Waals surface area contributed by atoms with E-state index in [1.54, 1.807) is 12.7 Å².